The van der Waals surface area contributed by atoms with Gasteiger partial charge in [0, 0.05) is 5.56 Å². The van der Waals surface area contributed by atoms with Crippen molar-refractivity contribution < 1.29 is 4.74 Å². The zero-order chi connectivity index (χ0) is 14.1. The van der Waals surface area contributed by atoms with E-state index in [1.807, 2.05) is 38.1 Å². The molecule has 0 saturated carbocycles. The Morgan fingerprint density at radius 1 is 1.25 bits per heavy atom. The lowest BCUT2D eigenvalue weighted by Crippen LogP contribution is -2.05. The Kier molecular flexibility index (Phi) is 3.28. The standard InChI is InChI=1S/C14H13ClN4O/c1-8(2)20-10-5-3-4-9(6-10)12-11-7-16-19-13(11)18-14(15)17-12/h3-8H,1-2H3,(H,16,17,18,19). The van der Waals surface area contributed by atoms with Crippen LogP contribution in [0.3, 0.4) is 0 Å². The highest BCUT2D eigenvalue weighted by molar-refractivity contribution is 6.28. The highest BCUT2D eigenvalue weighted by atomic mass is 35.5. The summed E-state index contributed by atoms with van der Waals surface area (Å²) >= 11 is 5.95. The molecule has 6 heteroatoms. The van der Waals surface area contributed by atoms with E-state index in [0.717, 1.165) is 22.4 Å². The molecule has 2 heterocycles. The molecular weight excluding hydrogens is 276 g/mol. The van der Waals surface area contributed by atoms with Gasteiger partial charge in [-0.3, -0.25) is 5.10 Å². The highest BCUT2D eigenvalue weighted by Gasteiger charge is 2.11. The van der Waals surface area contributed by atoms with Crippen molar-refractivity contribution >= 4 is 22.6 Å². The topological polar surface area (TPSA) is 63.7 Å². The largest absolute Gasteiger partial charge is 0.491 e. The van der Waals surface area contributed by atoms with Crippen molar-refractivity contribution in [2.75, 3.05) is 0 Å². The van der Waals surface area contributed by atoms with Gasteiger partial charge in [-0.2, -0.15) is 10.1 Å². The van der Waals surface area contributed by atoms with Crippen LogP contribution in [-0.2, 0) is 0 Å². The molecule has 1 aromatic carbocycles. The first-order valence-electron chi connectivity index (χ1n) is 6.27. The number of hydrogen-bond donors (Lipinski definition) is 1. The molecule has 102 valence electrons. The van der Waals surface area contributed by atoms with Crippen LogP contribution in [0, 0.1) is 0 Å². The summed E-state index contributed by atoms with van der Waals surface area (Å²) in [5.41, 5.74) is 2.27. The van der Waals surface area contributed by atoms with Crippen molar-refractivity contribution in [1.82, 2.24) is 20.2 Å². The van der Waals surface area contributed by atoms with E-state index in [1.54, 1.807) is 6.20 Å². The van der Waals surface area contributed by atoms with Gasteiger partial charge in [-0.05, 0) is 37.6 Å². The molecule has 0 unspecified atom stereocenters. The Labute approximate surface area is 121 Å². The maximum atomic E-state index is 5.95. The molecule has 20 heavy (non-hydrogen) atoms. The zero-order valence-corrected chi connectivity index (χ0v) is 11.8. The van der Waals surface area contributed by atoms with E-state index in [0.29, 0.717) is 5.65 Å². The average Bonchev–Trinajstić information content (AvgIpc) is 2.85. The van der Waals surface area contributed by atoms with E-state index in [-0.39, 0.29) is 11.4 Å². The van der Waals surface area contributed by atoms with Crippen LogP contribution in [0.5, 0.6) is 5.75 Å². The van der Waals surface area contributed by atoms with Crippen molar-refractivity contribution in [3.05, 3.63) is 35.7 Å². The molecule has 0 fully saturated rings. The Morgan fingerprint density at radius 3 is 2.90 bits per heavy atom. The predicted molar refractivity (Wildman–Crippen MR) is 77.9 cm³/mol. The normalized spacial score (nSPS) is 11.2. The predicted octanol–water partition coefficient (Wildman–Crippen LogP) is 3.46. The first kappa shape index (κ1) is 12.9. The van der Waals surface area contributed by atoms with E-state index in [2.05, 4.69) is 20.2 Å². The Balaban J connectivity index is 2.13. The lowest BCUT2D eigenvalue weighted by atomic mass is 10.1. The number of halogens is 1. The number of nitrogens with zero attached hydrogens (tertiary/aromatic N) is 3. The van der Waals surface area contributed by atoms with E-state index in [9.17, 15) is 0 Å². The number of fused-ring (bicyclic) bond motifs is 1. The third-order valence-corrected chi connectivity index (χ3v) is 2.93. The number of aromatic amines is 1. The van der Waals surface area contributed by atoms with Crippen LogP contribution in [0.25, 0.3) is 22.3 Å². The van der Waals surface area contributed by atoms with Crippen LogP contribution in [0.15, 0.2) is 30.5 Å². The number of H-pyrrole nitrogens is 1. The van der Waals surface area contributed by atoms with Crippen LogP contribution >= 0.6 is 11.6 Å². The van der Waals surface area contributed by atoms with Crippen LogP contribution in [-0.4, -0.2) is 26.3 Å². The highest BCUT2D eigenvalue weighted by Crippen LogP contribution is 2.28. The van der Waals surface area contributed by atoms with Gasteiger partial charge in [0.2, 0.25) is 5.28 Å². The fraction of sp³-hybridized carbons (Fsp3) is 0.214. The third-order valence-electron chi connectivity index (χ3n) is 2.76. The van der Waals surface area contributed by atoms with Crippen LogP contribution in [0.2, 0.25) is 5.28 Å². The molecule has 1 N–H and O–H groups in total. The lowest BCUT2D eigenvalue weighted by Gasteiger charge is -2.11. The van der Waals surface area contributed by atoms with E-state index >= 15 is 0 Å². The molecule has 0 spiro atoms. The third kappa shape index (κ3) is 2.44. The summed E-state index contributed by atoms with van der Waals surface area (Å²) in [6, 6.07) is 7.73. The van der Waals surface area contributed by atoms with Gasteiger partial charge in [0.05, 0.1) is 23.4 Å². The minimum absolute atomic E-state index is 0.119. The Bertz CT molecular complexity index is 754. The maximum Gasteiger partial charge on any atom is 0.224 e. The van der Waals surface area contributed by atoms with Crippen LogP contribution in [0.4, 0.5) is 0 Å². The summed E-state index contributed by atoms with van der Waals surface area (Å²) in [5.74, 6) is 0.795. The fourth-order valence-corrected chi connectivity index (χ4v) is 2.19. The van der Waals surface area contributed by atoms with E-state index in [1.165, 1.54) is 0 Å². The van der Waals surface area contributed by atoms with Crippen molar-refractivity contribution in [2.24, 2.45) is 0 Å². The molecule has 0 saturated heterocycles. The zero-order valence-electron chi connectivity index (χ0n) is 11.1. The van der Waals surface area contributed by atoms with Crippen molar-refractivity contribution in [1.29, 1.82) is 0 Å². The summed E-state index contributed by atoms with van der Waals surface area (Å²) < 4.78 is 5.70. The molecule has 0 bridgehead atoms. The number of rotatable bonds is 3. The first-order chi connectivity index (χ1) is 9.63. The number of ether oxygens (including phenoxy) is 1. The summed E-state index contributed by atoms with van der Waals surface area (Å²) in [6.07, 6.45) is 1.81. The van der Waals surface area contributed by atoms with Gasteiger partial charge in [-0.25, -0.2) is 4.98 Å². The van der Waals surface area contributed by atoms with Crippen LogP contribution < -0.4 is 4.74 Å². The van der Waals surface area contributed by atoms with Gasteiger partial charge in [0.1, 0.15) is 5.75 Å². The average molecular weight is 289 g/mol. The monoisotopic (exact) mass is 288 g/mol. The smallest absolute Gasteiger partial charge is 0.224 e. The van der Waals surface area contributed by atoms with Gasteiger partial charge in [-0.15, -0.1) is 0 Å². The SMILES string of the molecule is CC(C)Oc1cccc(-c2nc(Cl)nc3[nH]ncc23)c1. The molecular formula is C14H13ClN4O. The molecule has 0 amide bonds. The van der Waals surface area contributed by atoms with Gasteiger partial charge in [0.15, 0.2) is 5.65 Å². The second-order valence-electron chi connectivity index (χ2n) is 4.67. The first-order valence-corrected chi connectivity index (χ1v) is 6.65. The molecule has 3 rings (SSSR count). The van der Waals surface area contributed by atoms with Gasteiger partial charge >= 0.3 is 0 Å². The number of nitrogens with one attached hydrogen (secondary N) is 1. The molecule has 2 aromatic heterocycles. The quantitative estimate of drug-likeness (QED) is 0.750. The van der Waals surface area contributed by atoms with Crippen molar-refractivity contribution in [3.63, 3.8) is 0 Å². The van der Waals surface area contributed by atoms with Crippen LogP contribution in [0.1, 0.15) is 13.8 Å². The van der Waals surface area contributed by atoms with Crippen molar-refractivity contribution in [3.8, 4) is 17.0 Å². The summed E-state index contributed by atoms with van der Waals surface area (Å²) in [7, 11) is 0. The molecule has 0 aliphatic rings. The van der Waals surface area contributed by atoms with Gasteiger partial charge in [0.25, 0.3) is 0 Å². The molecule has 0 aliphatic heterocycles. The van der Waals surface area contributed by atoms with E-state index in [4.69, 9.17) is 16.3 Å². The lowest BCUT2D eigenvalue weighted by molar-refractivity contribution is 0.242. The Morgan fingerprint density at radius 2 is 2.10 bits per heavy atom. The second kappa shape index (κ2) is 5.09. The molecule has 3 aromatic rings. The maximum absolute atomic E-state index is 5.95. The Hall–Kier alpha value is -2.14. The fourth-order valence-electron chi connectivity index (χ4n) is 2.02. The summed E-state index contributed by atoms with van der Waals surface area (Å²) in [4.78, 5) is 8.40. The second-order valence-corrected chi connectivity index (χ2v) is 5.01. The molecule has 0 atom stereocenters. The molecule has 0 aliphatic carbocycles. The summed E-state index contributed by atoms with van der Waals surface area (Å²) in [5, 5.41) is 7.80. The van der Waals surface area contributed by atoms with Gasteiger partial charge < -0.3 is 4.74 Å². The number of aromatic nitrogens is 4. The minimum atomic E-state index is 0.119. The summed E-state index contributed by atoms with van der Waals surface area (Å²) in [6.45, 7) is 3.98. The number of benzene rings is 1. The molecule has 5 nitrogen and oxygen atoms in total. The minimum Gasteiger partial charge on any atom is -0.491 e. The number of hydrogen-bond acceptors (Lipinski definition) is 4. The van der Waals surface area contributed by atoms with E-state index < -0.39 is 0 Å². The molecule has 0 radical (unpaired) electrons. The van der Waals surface area contributed by atoms with Gasteiger partial charge in [-0.1, -0.05) is 12.1 Å². The van der Waals surface area contributed by atoms with Crippen molar-refractivity contribution in [2.45, 2.75) is 20.0 Å².